The Morgan fingerprint density at radius 2 is 2.00 bits per heavy atom. The van der Waals surface area contributed by atoms with Crippen LogP contribution in [0, 0.1) is 0 Å². The highest BCUT2D eigenvalue weighted by Gasteiger charge is 2.33. The van der Waals surface area contributed by atoms with E-state index in [2.05, 4.69) is 0 Å². The standard InChI is InChI=1S/C7H10O4/c8-5-3-6-7(11-4-5)10-2-1-9-6/h6-7H,1-4H2/t6-,7+/m0/s1. The lowest BCUT2D eigenvalue weighted by atomic mass is 10.1. The minimum Gasteiger partial charge on any atom is -0.370 e. The molecular formula is C7H10O4. The molecule has 2 aliphatic heterocycles. The topological polar surface area (TPSA) is 44.8 Å². The number of carbonyl (C=O) groups is 1. The molecule has 2 heterocycles. The van der Waals surface area contributed by atoms with Crippen molar-refractivity contribution in [1.82, 2.24) is 0 Å². The van der Waals surface area contributed by atoms with Gasteiger partial charge in [0.25, 0.3) is 0 Å². The second-order valence-electron chi connectivity index (χ2n) is 2.70. The summed E-state index contributed by atoms with van der Waals surface area (Å²) in [5.41, 5.74) is 0. The second kappa shape index (κ2) is 2.89. The van der Waals surface area contributed by atoms with Gasteiger partial charge in [-0.2, -0.15) is 0 Å². The van der Waals surface area contributed by atoms with Crippen LogP contribution in [0.4, 0.5) is 0 Å². The highest BCUT2D eigenvalue weighted by Crippen LogP contribution is 2.19. The molecule has 0 radical (unpaired) electrons. The van der Waals surface area contributed by atoms with Gasteiger partial charge in [-0.1, -0.05) is 0 Å². The number of Topliss-reactive ketones (excluding diaryl/α,β-unsaturated/α-hetero) is 1. The lowest BCUT2D eigenvalue weighted by molar-refractivity contribution is -0.258. The van der Waals surface area contributed by atoms with E-state index < -0.39 is 0 Å². The Bertz CT molecular complexity index is 168. The minimum atomic E-state index is -0.304. The number of hydrogen-bond acceptors (Lipinski definition) is 4. The maximum absolute atomic E-state index is 10.9. The van der Waals surface area contributed by atoms with Crippen LogP contribution in [0.1, 0.15) is 6.42 Å². The quantitative estimate of drug-likeness (QED) is 0.486. The molecule has 0 aromatic carbocycles. The Hall–Kier alpha value is -0.450. The van der Waals surface area contributed by atoms with Gasteiger partial charge in [-0.05, 0) is 0 Å². The van der Waals surface area contributed by atoms with E-state index in [4.69, 9.17) is 14.2 Å². The van der Waals surface area contributed by atoms with E-state index >= 15 is 0 Å². The van der Waals surface area contributed by atoms with Gasteiger partial charge in [0.2, 0.25) is 0 Å². The Kier molecular flexibility index (Phi) is 1.89. The van der Waals surface area contributed by atoms with Crippen molar-refractivity contribution in [3.8, 4) is 0 Å². The van der Waals surface area contributed by atoms with Crippen LogP contribution in [0.25, 0.3) is 0 Å². The molecule has 0 unspecified atom stereocenters. The molecule has 2 aliphatic rings. The van der Waals surface area contributed by atoms with Crippen molar-refractivity contribution in [3.05, 3.63) is 0 Å². The first-order valence-electron chi connectivity index (χ1n) is 3.73. The predicted molar refractivity (Wildman–Crippen MR) is 35.1 cm³/mol. The van der Waals surface area contributed by atoms with Crippen LogP contribution in [0.2, 0.25) is 0 Å². The van der Waals surface area contributed by atoms with E-state index in [1.165, 1.54) is 0 Å². The van der Waals surface area contributed by atoms with Crippen LogP contribution in [-0.2, 0) is 19.0 Å². The molecule has 0 N–H and O–H groups in total. The number of rotatable bonds is 0. The zero-order valence-corrected chi connectivity index (χ0v) is 6.12. The summed E-state index contributed by atoms with van der Waals surface area (Å²) in [5.74, 6) is 0.0942. The van der Waals surface area contributed by atoms with Crippen LogP contribution in [0.3, 0.4) is 0 Å². The molecule has 2 rings (SSSR count). The SMILES string of the molecule is O=C1CO[C@H]2OCCO[C@H]2C1. The molecule has 0 aliphatic carbocycles. The van der Waals surface area contributed by atoms with Crippen molar-refractivity contribution in [2.75, 3.05) is 19.8 Å². The van der Waals surface area contributed by atoms with Gasteiger partial charge in [0.05, 0.1) is 13.2 Å². The van der Waals surface area contributed by atoms with Crippen LogP contribution < -0.4 is 0 Å². The second-order valence-corrected chi connectivity index (χ2v) is 2.70. The largest absolute Gasteiger partial charge is 0.370 e. The normalized spacial score (nSPS) is 38.4. The average molecular weight is 158 g/mol. The Morgan fingerprint density at radius 1 is 1.18 bits per heavy atom. The first kappa shape index (κ1) is 7.21. The van der Waals surface area contributed by atoms with E-state index in [9.17, 15) is 4.79 Å². The third-order valence-electron chi connectivity index (χ3n) is 1.84. The van der Waals surface area contributed by atoms with Crippen LogP contribution in [0.5, 0.6) is 0 Å². The third kappa shape index (κ3) is 1.42. The predicted octanol–water partition coefficient (Wildman–Crippen LogP) is -0.283. The van der Waals surface area contributed by atoms with Gasteiger partial charge in [-0.15, -0.1) is 0 Å². The molecule has 0 amide bonds. The van der Waals surface area contributed by atoms with Gasteiger partial charge in [-0.25, -0.2) is 0 Å². The molecule has 0 aromatic heterocycles. The first-order valence-corrected chi connectivity index (χ1v) is 3.73. The summed E-state index contributed by atoms with van der Waals surface area (Å²) in [6, 6.07) is 0. The zero-order valence-electron chi connectivity index (χ0n) is 6.12. The number of fused-ring (bicyclic) bond motifs is 1. The van der Waals surface area contributed by atoms with E-state index in [-0.39, 0.29) is 24.8 Å². The van der Waals surface area contributed by atoms with Crippen LogP contribution in [-0.4, -0.2) is 38.0 Å². The van der Waals surface area contributed by atoms with Crippen molar-refractivity contribution in [1.29, 1.82) is 0 Å². The van der Waals surface area contributed by atoms with Gasteiger partial charge in [0.1, 0.15) is 12.7 Å². The molecule has 2 atom stereocenters. The molecule has 4 nitrogen and oxygen atoms in total. The fraction of sp³-hybridized carbons (Fsp3) is 0.857. The molecule has 0 bridgehead atoms. The lowest BCUT2D eigenvalue weighted by Crippen LogP contribution is -2.46. The van der Waals surface area contributed by atoms with E-state index in [1.54, 1.807) is 0 Å². The van der Waals surface area contributed by atoms with Gasteiger partial charge in [0.15, 0.2) is 12.1 Å². The van der Waals surface area contributed by atoms with Crippen molar-refractivity contribution in [2.24, 2.45) is 0 Å². The van der Waals surface area contributed by atoms with Gasteiger partial charge < -0.3 is 14.2 Å². The summed E-state index contributed by atoms with van der Waals surface area (Å²) < 4.78 is 15.6. The smallest absolute Gasteiger partial charge is 0.184 e. The number of ketones is 1. The fourth-order valence-corrected chi connectivity index (χ4v) is 1.32. The average Bonchev–Trinajstić information content (AvgIpc) is 2.04. The van der Waals surface area contributed by atoms with Gasteiger partial charge in [-0.3, -0.25) is 4.79 Å². The van der Waals surface area contributed by atoms with E-state index in [1.807, 2.05) is 0 Å². The molecule has 2 fully saturated rings. The van der Waals surface area contributed by atoms with Crippen molar-refractivity contribution < 1.29 is 19.0 Å². The molecule has 0 aromatic rings. The maximum atomic E-state index is 10.9. The molecule has 11 heavy (non-hydrogen) atoms. The maximum Gasteiger partial charge on any atom is 0.184 e. The fourth-order valence-electron chi connectivity index (χ4n) is 1.32. The summed E-state index contributed by atoms with van der Waals surface area (Å²) in [5, 5.41) is 0. The summed E-state index contributed by atoms with van der Waals surface area (Å²) >= 11 is 0. The van der Waals surface area contributed by atoms with Crippen molar-refractivity contribution in [3.63, 3.8) is 0 Å². The number of ether oxygens (including phenoxy) is 3. The van der Waals surface area contributed by atoms with Crippen LogP contribution in [0.15, 0.2) is 0 Å². The molecule has 0 spiro atoms. The summed E-state index contributed by atoms with van der Waals surface area (Å²) in [6.07, 6.45) is -0.0311. The van der Waals surface area contributed by atoms with Crippen LogP contribution >= 0.6 is 0 Å². The Labute approximate surface area is 64.4 Å². The minimum absolute atomic E-state index is 0.0942. The van der Waals surface area contributed by atoms with E-state index in [0.29, 0.717) is 19.6 Å². The first-order chi connectivity index (χ1) is 5.36. The Morgan fingerprint density at radius 3 is 2.91 bits per heavy atom. The molecular weight excluding hydrogens is 148 g/mol. The third-order valence-corrected chi connectivity index (χ3v) is 1.84. The van der Waals surface area contributed by atoms with Gasteiger partial charge in [0, 0.05) is 6.42 Å². The highest BCUT2D eigenvalue weighted by atomic mass is 16.7. The van der Waals surface area contributed by atoms with E-state index in [0.717, 1.165) is 0 Å². The Balaban J connectivity index is 1.98. The summed E-state index contributed by atoms with van der Waals surface area (Å²) in [4.78, 5) is 10.9. The lowest BCUT2D eigenvalue weighted by Gasteiger charge is -2.34. The molecule has 62 valence electrons. The van der Waals surface area contributed by atoms with Crippen molar-refractivity contribution in [2.45, 2.75) is 18.8 Å². The van der Waals surface area contributed by atoms with Gasteiger partial charge >= 0.3 is 0 Å². The molecule has 2 saturated heterocycles. The summed E-state index contributed by atoms with van der Waals surface area (Å²) in [6.45, 7) is 1.30. The zero-order chi connectivity index (χ0) is 7.68. The number of hydrogen-bond donors (Lipinski definition) is 0. The molecule has 4 heteroatoms. The summed E-state index contributed by atoms with van der Waals surface area (Å²) in [7, 11) is 0. The highest BCUT2D eigenvalue weighted by molar-refractivity contribution is 5.80. The molecule has 0 saturated carbocycles. The van der Waals surface area contributed by atoms with Crippen molar-refractivity contribution >= 4 is 5.78 Å². The monoisotopic (exact) mass is 158 g/mol. The number of carbonyl (C=O) groups excluding carboxylic acids is 1.